The Bertz CT molecular complexity index is 1020. The van der Waals surface area contributed by atoms with Gasteiger partial charge in [0.1, 0.15) is 0 Å². The number of anilines is 1. The summed E-state index contributed by atoms with van der Waals surface area (Å²) in [6.45, 7) is 6.46. The van der Waals surface area contributed by atoms with Crippen LogP contribution in [0.5, 0.6) is 0 Å². The van der Waals surface area contributed by atoms with Crippen molar-refractivity contribution in [3.63, 3.8) is 0 Å². The molecule has 0 unspecified atom stereocenters. The number of nitrogens with zero attached hydrogens (tertiary/aromatic N) is 1. The second-order valence-electron chi connectivity index (χ2n) is 7.32. The van der Waals surface area contributed by atoms with Crippen LogP contribution in [0.25, 0.3) is 0 Å². The topological polar surface area (TPSA) is 91.8 Å². The first kappa shape index (κ1) is 21.8. The van der Waals surface area contributed by atoms with Gasteiger partial charge in [-0.05, 0) is 34.7 Å². The first-order valence-electron chi connectivity index (χ1n) is 8.05. The molecule has 0 aromatic heterocycles. The van der Waals surface area contributed by atoms with Gasteiger partial charge in [0.2, 0.25) is 0 Å². The molecule has 0 aliphatic carbocycles. The van der Waals surface area contributed by atoms with Gasteiger partial charge in [-0.2, -0.15) is 8.42 Å². The first-order chi connectivity index (χ1) is 12.0. The zero-order chi connectivity index (χ0) is 19.3. The number of ketones is 1. The van der Waals surface area contributed by atoms with E-state index in [9.17, 15) is 18.0 Å². The van der Waals surface area contributed by atoms with E-state index in [1.54, 1.807) is 0 Å². The van der Waals surface area contributed by atoms with E-state index in [2.05, 4.69) is 20.8 Å². The molecule has 1 heterocycles. The van der Waals surface area contributed by atoms with Crippen LogP contribution in [0.2, 0.25) is 0 Å². The van der Waals surface area contributed by atoms with Gasteiger partial charge in [-0.15, -0.1) is 0 Å². The summed E-state index contributed by atoms with van der Waals surface area (Å²) in [6, 6.07) is 11.4. The molecule has 0 bridgehead atoms. The quantitative estimate of drug-likeness (QED) is 0.488. The third kappa shape index (κ3) is 4.33. The fourth-order valence-corrected chi connectivity index (χ4v) is 3.42. The van der Waals surface area contributed by atoms with Crippen molar-refractivity contribution in [1.82, 2.24) is 0 Å². The molecule has 0 spiro atoms. The van der Waals surface area contributed by atoms with Crippen LogP contribution in [0, 0.1) is 0 Å². The molecule has 0 saturated heterocycles. The molecule has 1 aliphatic heterocycles. The van der Waals surface area contributed by atoms with Crippen molar-refractivity contribution in [1.29, 1.82) is 0 Å². The molecule has 1 aliphatic rings. The molecule has 3 rings (SSSR count). The molecule has 0 atom stereocenters. The van der Waals surface area contributed by atoms with Gasteiger partial charge >= 0.3 is 29.6 Å². The van der Waals surface area contributed by atoms with Crippen LogP contribution in [-0.4, -0.2) is 54.2 Å². The summed E-state index contributed by atoms with van der Waals surface area (Å²) in [5.74, 6) is -1.49. The molecule has 2 aromatic carbocycles. The normalized spacial score (nSPS) is 14.1. The zero-order valence-corrected chi connectivity index (χ0v) is 15.5. The molecule has 1 amide bonds. The Balaban J connectivity index is 0.00000261. The minimum atomic E-state index is -4.45. The second kappa shape index (κ2) is 7.48. The van der Waals surface area contributed by atoms with Crippen LogP contribution in [0.4, 0.5) is 5.69 Å². The fraction of sp³-hybridized carbons (Fsp3) is 0.263. The van der Waals surface area contributed by atoms with Crippen molar-refractivity contribution < 1.29 is 22.6 Å². The number of fused-ring (bicyclic) bond motifs is 1. The van der Waals surface area contributed by atoms with Gasteiger partial charge in [0.15, 0.2) is 0 Å². The van der Waals surface area contributed by atoms with E-state index in [-0.39, 0.29) is 47.1 Å². The van der Waals surface area contributed by atoms with Gasteiger partial charge in [-0.1, -0.05) is 45.0 Å². The minimum absolute atomic E-state index is 0. The number of Topliss-reactive ketones (excluding diaryl/α,β-unsaturated/α-hetero) is 1. The predicted octanol–water partition coefficient (Wildman–Crippen LogP) is 2.31. The van der Waals surface area contributed by atoms with Crippen LogP contribution < -0.4 is 4.90 Å². The molecular weight excluding hydrogens is 377 g/mol. The van der Waals surface area contributed by atoms with Crippen LogP contribution >= 0.6 is 0 Å². The molecular formula is C19H20NNaO5S. The number of benzene rings is 2. The van der Waals surface area contributed by atoms with E-state index in [0.29, 0.717) is 5.69 Å². The molecule has 0 fully saturated rings. The van der Waals surface area contributed by atoms with Crippen LogP contribution in [-0.2, 0) is 26.9 Å². The fourth-order valence-electron chi connectivity index (χ4n) is 2.92. The predicted molar refractivity (Wildman–Crippen MR) is 104 cm³/mol. The van der Waals surface area contributed by atoms with E-state index in [0.717, 1.165) is 17.2 Å². The van der Waals surface area contributed by atoms with E-state index in [1.807, 2.05) is 24.3 Å². The molecule has 138 valence electrons. The number of carbonyl (C=O) groups excluding carboxylic acids is 2. The molecule has 2 aromatic rings. The maximum absolute atomic E-state index is 12.4. The van der Waals surface area contributed by atoms with E-state index >= 15 is 0 Å². The Labute approximate surface area is 180 Å². The monoisotopic (exact) mass is 397 g/mol. The number of hydrogen-bond donors (Lipinski definition) is 1. The average Bonchev–Trinajstić information content (AvgIpc) is 2.78. The van der Waals surface area contributed by atoms with E-state index < -0.39 is 26.7 Å². The third-order valence-electron chi connectivity index (χ3n) is 4.37. The summed E-state index contributed by atoms with van der Waals surface area (Å²) in [5, 5.41) is 0. The van der Waals surface area contributed by atoms with Crippen molar-refractivity contribution in [2.24, 2.45) is 0 Å². The Morgan fingerprint density at radius 1 is 1.04 bits per heavy atom. The SMILES string of the molecule is CC(C)(C)c1cccc(CN2C(=O)C(=O)c3cc(S(=O)(=O)O)ccc32)c1.[NaH]. The number of rotatable bonds is 3. The number of hydrogen-bond acceptors (Lipinski definition) is 4. The number of amides is 1. The standard InChI is InChI=1S/C19H19NO5S.Na.H/c1-19(2,3)13-6-4-5-12(9-13)11-20-16-8-7-14(26(23,24)25)10-15(16)17(21)18(20)22;;/h4-10H,11H2,1-3H3,(H,23,24,25);;. The van der Waals surface area contributed by atoms with Crippen molar-refractivity contribution in [2.75, 3.05) is 4.90 Å². The summed E-state index contributed by atoms with van der Waals surface area (Å²) < 4.78 is 31.7. The summed E-state index contributed by atoms with van der Waals surface area (Å²) in [6.07, 6.45) is 0. The summed E-state index contributed by atoms with van der Waals surface area (Å²) >= 11 is 0. The van der Waals surface area contributed by atoms with Gasteiger partial charge in [0.25, 0.3) is 21.8 Å². The van der Waals surface area contributed by atoms with Crippen molar-refractivity contribution in [2.45, 2.75) is 37.6 Å². The third-order valence-corrected chi connectivity index (χ3v) is 5.22. The number of carbonyl (C=O) groups is 2. The molecule has 0 radical (unpaired) electrons. The average molecular weight is 397 g/mol. The summed E-state index contributed by atoms with van der Waals surface area (Å²) in [7, 11) is -4.45. The second-order valence-corrected chi connectivity index (χ2v) is 8.75. The maximum atomic E-state index is 12.4. The van der Waals surface area contributed by atoms with Crippen LogP contribution in [0.1, 0.15) is 42.3 Å². The zero-order valence-electron chi connectivity index (χ0n) is 14.7. The molecule has 6 nitrogen and oxygen atoms in total. The van der Waals surface area contributed by atoms with E-state index in [4.69, 9.17) is 4.55 Å². The van der Waals surface area contributed by atoms with Crippen LogP contribution in [0.15, 0.2) is 47.4 Å². The summed E-state index contributed by atoms with van der Waals surface area (Å²) in [4.78, 5) is 25.5. The van der Waals surface area contributed by atoms with Gasteiger partial charge in [-0.25, -0.2) is 0 Å². The van der Waals surface area contributed by atoms with Crippen molar-refractivity contribution in [3.05, 3.63) is 59.2 Å². The molecule has 1 N–H and O–H groups in total. The molecule has 0 saturated carbocycles. The van der Waals surface area contributed by atoms with E-state index in [1.165, 1.54) is 17.0 Å². The molecule has 27 heavy (non-hydrogen) atoms. The Morgan fingerprint density at radius 2 is 1.70 bits per heavy atom. The van der Waals surface area contributed by atoms with Gasteiger partial charge < -0.3 is 4.90 Å². The summed E-state index contributed by atoms with van der Waals surface area (Å²) in [5.41, 5.74) is 2.24. The van der Waals surface area contributed by atoms with Crippen molar-refractivity contribution >= 4 is 57.1 Å². The molecule has 8 heteroatoms. The Kier molecular flexibility index (Phi) is 6.04. The van der Waals surface area contributed by atoms with Gasteiger partial charge in [0, 0.05) is 0 Å². The van der Waals surface area contributed by atoms with Gasteiger partial charge in [-0.3, -0.25) is 14.1 Å². The first-order valence-corrected chi connectivity index (χ1v) is 9.49. The van der Waals surface area contributed by atoms with Gasteiger partial charge in [0.05, 0.1) is 22.7 Å². The Morgan fingerprint density at radius 3 is 2.30 bits per heavy atom. The van der Waals surface area contributed by atoms with Crippen LogP contribution in [0.3, 0.4) is 0 Å². The van der Waals surface area contributed by atoms with Crippen molar-refractivity contribution in [3.8, 4) is 0 Å². The Hall–Kier alpha value is -1.51.